The van der Waals surface area contributed by atoms with E-state index in [0.29, 0.717) is 23.7 Å². The lowest BCUT2D eigenvalue weighted by atomic mass is 9.99. The maximum absolute atomic E-state index is 11.1. The summed E-state index contributed by atoms with van der Waals surface area (Å²) in [5.74, 6) is 0.277. The van der Waals surface area contributed by atoms with Gasteiger partial charge < -0.3 is 10.1 Å². The fourth-order valence-electron chi connectivity index (χ4n) is 1.84. The van der Waals surface area contributed by atoms with Gasteiger partial charge >= 0.3 is 0 Å². The average molecular weight is 313 g/mol. The predicted molar refractivity (Wildman–Crippen MR) is 85.7 cm³/mol. The van der Waals surface area contributed by atoms with Crippen molar-refractivity contribution in [1.29, 1.82) is 0 Å². The van der Waals surface area contributed by atoms with Crippen LogP contribution in [0.4, 0.5) is 5.69 Å². The third-order valence-corrected chi connectivity index (χ3v) is 3.32. The minimum absolute atomic E-state index is 0.0643. The van der Waals surface area contributed by atoms with Crippen LogP contribution in [0.5, 0.6) is 0 Å². The van der Waals surface area contributed by atoms with E-state index in [-0.39, 0.29) is 11.6 Å². The normalized spacial score (nSPS) is 12.0. The zero-order chi connectivity index (χ0) is 15.8. The fourth-order valence-corrected chi connectivity index (χ4v) is 2.02. The predicted octanol–water partition coefficient (Wildman–Crippen LogP) is 3.52. The van der Waals surface area contributed by atoms with Gasteiger partial charge in [-0.1, -0.05) is 31.0 Å². The van der Waals surface area contributed by atoms with E-state index in [1.165, 1.54) is 12.1 Å². The SMILES string of the molecule is COCCNC/C(=C/c1cc(Cl)ccc1[N+](=O)[O-])C(C)C. The lowest BCUT2D eigenvalue weighted by Gasteiger charge is -2.13. The highest BCUT2D eigenvalue weighted by Gasteiger charge is 2.14. The van der Waals surface area contributed by atoms with Crippen LogP contribution in [0.15, 0.2) is 23.8 Å². The van der Waals surface area contributed by atoms with Crippen LogP contribution in [-0.4, -0.2) is 31.7 Å². The number of nitro groups is 1. The van der Waals surface area contributed by atoms with E-state index in [0.717, 1.165) is 12.1 Å². The zero-order valence-electron chi connectivity index (χ0n) is 12.6. The molecule has 0 bridgehead atoms. The molecule has 0 aliphatic heterocycles. The average Bonchev–Trinajstić information content (AvgIpc) is 2.41. The Bertz CT molecular complexity index is 516. The second kappa shape index (κ2) is 8.77. The van der Waals surface area contributed by atoms with Crippen LogP contribution in [0.1, 0.15) is 19.4 Å². The molecule has 0 saturated heterocycles. The van der Waals surface area contributed by atoms with E-state index >= 15 is 0 Å². The van der Waals surface area contributed by atoms with Crippen LogP contribution < -0.4 is 5.32 Å². The van der Waals surface area contributed by atoms with Crippen molar-refractivity contribution in [3.05, 3.63) is 44.5 Å². The highest BCUT2D eigenvalue weighted by atomic mass is 35.5. The van der Waals surface area contributed by atoms with Gasteiger partial charge in [0.05, 0.1) is 17.1 Å². The second-order valence-corrected chi connectivity index (χ2v) is 5.44. The third-order valence-electron chi connectivity index (χ3n) is 3.08. The van der Waals surface area contributed by atoms with Crippen LogP contribution in [0.3, 0.4) is 0 Å². The van der Waals surface area contributed by atoms with Crippen molar-refractivity contribution in [1.82, 2.24) is 5.32 Å². The number of nitrogens with zero attached hydrogens (tertiary/aromatic N) is 1. The van der Waals surface area contributed by atoms with E-state index in [4.69, 9.17) is 16.3 Å². The zero-order valence-corrected chi connectivity index (χ0v) is 13.3. The van der Waals surface area contributed by atoms with Gasteiger partial charge in [0.1, 0.15) is 0 Å². The molecule has 1 rings (SSSR count). The Morgan fingerprint density at radius 1 is 1.52 bits per heavy atom. The molecule has 0 amide bonds. The number of hydrogen-bond acceptors (Lipinski definition) is 4. The van der Waals surface area contributed by atoms with Crippen molar-refractivity contribution in [2.24, 2.45) is 5.92 Å². The standard InChI is InChI=1S/C15H21ClN2O3/c1-11(2)13(10-17-6-7-21-3)8-12-9-14(16)4-5-15(12)18(19)20/h4-5,8-9,11,17H,6-7,10H2,1-3H3/b13-8-. The number of nitrogens with one attached hydrogen (secondary N) is 1. The molecule has 21 heavy (non-hydrogen) atoms. The lowest BCUT2D eigenvalue weighted by molar-refractivity contribution is -0.385. The summed E-state index contributed by atoms with van der Waals surface area (Å²) in [5.41, 5.74) is 1.68. The molecule has 0 radical (unpaired) electrons. The Balaban J connectivity index is 2.99. The molecule has 5 nitrogen and oxygen atoms in total. The molecule has 6 heteroatoms. The van der Waals surface area contributed by atoms with Crippen molar-refractivity contribution >= 4 is 23.4 Å². The largest absolute Gasteiger partial charge is 0.383 e. The first-order valence-corrected chi connectivity index (χ1v) is 7.17. The molecule has 0 fully saturated rings. The van der Waals surface area contributed by atoms with E-state index in [9.17, 15) is 10.1 Å². The molecule has 0 spiro atoms. The van der Waals surface area contributed by atoms with Gasteiger partial charge in [-0.25, -0.2) is 0 Å². The van der Waals surface area contributed by atoms with E-state index in [1.54, 1.807) is 13.2 Å². The summed E-state index contributed by atoms with van der Waals surface area (Å²) in [5, 5.41) is 14.8. The van der Waals surface area contributed by atoms with Crippen molar-refractivity contribution in [2.45, 2.75) is 13.8 Å². The summed E-state index contributed by atoms with van der Waals surface area (Å²) in [6.07, 6.45) is 1.84. The van der Waals surface area contributed by atoms with Gasteiger partial charge in [0.25, 0.3) is 5.69 Å². The molecule has 0 atom stereocenters. The van der Waals surface area contributed by atoms with Crippen LogP contribution in [0, 0.1) is 16.0 Å². The molecule has 116 valence electrons. The van der Waals surface area contributed by atoms with Crippen molar-refractivity contribution in [3.63, 3.8) is 0 Å². The smallest absolute Gasteiger partial charge is 0.276 e. The summed E-state index contributed by atoms with van der Waals surface area (Å²) >= 11 is 5.95. The summed E-state index contributed by atoms with van der Waals surface area (Å²) in [6.45, 7) is 6.13. The highest BCUT2D eigenvalue weighted by Crippen LogP contribution is 2.26. The Kier molecular flexibility index (Phi) is 7.36. The van der Waals surface area contributed by atoms with Crippen LogP contribution in [0.25, 0.3) is 6.08 Å². The minimum atomic E-state index is -0.390. The number of ether oxygens (including phenoxy) is 1. The number of rotatable bonds is 8. The Labute approximate surface area is 130 Å². The molecule has 0 saturated carbocycles. The van der Waals surface area contributed by atoms with Crippen LogP contribution >= 0.6 is 11.6 Å². The third kappa shape index (κ3) is 5.83. The number of hydrogen-bond donors (Lipinski definition) is 1. The van der Waals surface area contributed by atoms with Crippen LogP contribution in [0.2, 0.25) is 5.02 Å². The summed E-state index contributed by atoms with van der Waals surface area (Å²) in [7, 11) is 1.65. The molecule has 0 heterocycles. The first kappa shape index (κ1) is 17.6. The number of halogens is 1. The van der Waals surface area contributed by atoms with Crippen molar-refractivity contribution in [2.75, 3.05) is 26.8 Å². The van der Waals surface area contributed by atoms with Gasteiger partial charge in [0.15, 0.2) is 0 Å². The number of nitro benzene ring substituents is 1. The first-order chi connectivity index (χ1) is 9.95. The van der Waals surface area contributed by atoms with E-state index in [2.05, 4.69) is 19.2 Å². The Hall–Kier alpha value is -1.43. The van der Waals surface area contributed by atoms with Gasteiger partial charge in [-0.2, -0.15) is 0 Å². The van der Waals surface area contributed by atoms with Gasteiger partial charge in [-0.05, 0) is 24.1 Å². The minimum Gasteiger partial charge on any atom is -0.383 e. The summed E-state index contributed by atoms with van der Waals surface area (Å²) in [6, 6.07) is 4.59. The Morgan fingerprint density at radius 2 is 2.24 bits per heavy atom. The Morgan fingerprint density at radius 3 is 2.81 bits per heavy atom. The van der Waals surface area contributed by atoms with Crippen LogP contribution in [-0.2, 0) is 4.74 Å². The second-order valence-electron chi connectivity index (χ2n) is 5.00. The fraction of sp³-hybridized carbons (Fsp3) is 0.467. The quantitative estimate of drug-likeness (QED) is 0.453. The topological polar surface area (TPSA) is 64.4 Å². The van der Waals surface area contributed by atoms with E-state index in [1.807, 2.05) is 6.08 Å². The molecular formula is C15H21ClN2O3. The van der Waals surface area contributed by atoms with Crippen molar-refractivity contribution in [3.8, 4) is 0 Å². The first-order valence-electron chi connectivity index (χ1n) is 6.79. The highest BCUT2D eigenvalue weighted by molar-refractivity contribution is 6.30. The molecular weight excluding hydrogens is 292 g/mol. The molecule has 1 N–H and O–H groups in total. The molecule has 1 aromatic carbocycles. The maximum atomic E-state index is 11.1. The molecule has 1 aromatic rings. The lowest BCUT2D eigenvalue weighted by Crippen LogP contribution is -2.23. The number of benzene rings is 1. The van der Waals surface area contributed by atoms with Gasteiger partial charge in [-0.15, -0.1) is 0 Å². The summed E-state index contributed by atoms with van der Waals surface area (Å²) < 4.78 is 4.98. The van der Waals surface area contributed by atoms with Gasteiger partial charge in [0.2, 0.25) is 0 Å². The molecule has 0 aliphatic rings. The van der Waals surface area contributed by atoms with Gasteiger partial charge in [0, 0.05) is 31.3 Å². The van der Waals surface area contributed by atoms with Gasteiger partial charge in [-0.3, -0.25) is 10.1 Å². The molecule has 0 aliphatic carbocycles. The number of methoxy groups -OCH3 is 1. The van der Waals surface area contributed by atoms with Crippen molar-refractivity contribution < 1.29 is 9.66 Å². The summed E-state index contributed by atoms with van der Waals surface area (Å²) in [4.78, 5) is 10.7. The molecule has 0 aromatic heterocycles. The maximum Gasteiger partial charge on any atom is 0.276 e. The molecule has 0 unspecified atom stereocenters. The monoisotopic (exact) mass is 312 g/mol. The van der Waals surface area contributed by atoms with E-state index < -0.39 is 4.92 Å².